The number of hydrogen-bond donors (Lipinski definition) is 2. The number of rotatable bonds is 5. The van der Waals surface area contributed by atoms with Crippen molar-refractivity contribution in [2.75, 3.05) is 13.2 Å². The predicted molar refractivity (Wildman–Crippen MR) is 87.2 cm³/mol. The van der Waals surface area contributed by atoms with Crippen molar-refractivity contribution in [2.24, 2.45) is 11.1 Å². The highest BCUT2D eigenvalue weighted by Crippen LogP contribution is 2.35. The van der Waals surface area contributed by atoms with E-state index in [9.17, 15) is 4.79 Å². The van der Waals surface area contributed by atoms with E-state index in [4.69, 9.17) is 10.5 Å². The van der Waals surface area contributed by atoms with Gasteiger partial charge in [0.2, 0.25) is 5.91 Å². The molecule has 21 heavy (non-hydrogen) atoms. The Balaban J connectivity index is 2.22. The van der Waals surface area contributed by atoms with E-state index < -0.39 is 5.41 Å². The van der Waals surface area contributed by atoms with Crippen molar-refractivity contribution in [2.45, 2.75) is 39.2 Å². The number of carbonyl (C=O) groups is 1. The summed E-state index contributed by atoms with van der Waals surface area (Å²) in [5.41, 5.74) is 6.42. The van der Waals surface area contributed by atoms with Crippen LogP contribution in [-0.4, -0.2) is 19.1 Å². The van der Waals surface area contributed by atoms with Crippen molar-refractivity contribution in [3.8, 4) is 5.75 Å². The normalized spacial score (nSPS) is 17.8. The van der Waals surface area contributed by atoms with Gasteiger partial charge in [-0.1, -0.05) is 29.8 Å². The summed E-state index contributed by atoms with van der Waals surface area (Å²) in [7, 11) is 0. The molecule has 0 fully saturated rings. The molecule has 1 aliphatic rings. The Kier molecular flexibility index (Phi) is 5.27. The third kappa shape index (κ3) is 3.24. The molecule has 0 aromatic heterocycles. The Morgan fingerprint density at radius 2 is 2.19 bits per heavy atom. The lowest BCUT2D eigenvalue weighted by Crippen LogP contribution is -2.47. The summed E-state index contributed by atoms with van der Waals surface area (Å²) < 4.78 is 6.65. The SMILES string of the molecule is CCC(CC)(CN)C(=O)NC1CCOc2ccc(Br)cc21. The van der Waals surface area contributed by atoms with E-state index in [-0.39, 0.29) is 11.9 Å². The lowest BCUT2D eigenvalue weighted by atomic mass is 9.81. The van der Waals surface area contributed by atoms with Crippen LogP contribution in [0.2, 0.25) is 0 Å². The van der Waals surface area contributed by atoms with Gasteiger partial charge in [-0.3, -0.25) is 4.79 Å². The molecule has 5 heteroatoms. The van der Waals surface area contributed by atoms with Crippen LogP contribution in [0.3, 0.4) is 0 Å². The maximum atomic E-state index is 12.7. The van der Waals surface area contributed by atoms with Crippen molar-refractivity contribution in [3.63, 3.8) is 0 Å². The minimum absolute atomic E-state index is 0.0113. The van der Waals surface area contributed by atoms with Crippen molar-refractivity contribution < 1.29 is 9.53 Å². The van der Waals surface area contributed by atoms with Gasteiger partial charge in [0.15, 0.2) is 0 Å². The maximum Gasteiger partial charge on any atom is 0.227 e. The van der Waals surface area contributed by atoms with Crippen LogP contribution in [-0.2, 0) is 4.79 Å². The van der Waals surface area contributed by atoms with Gasteiger partial charge in [0, 0.05) is 23.0 Å². The first-order valence-corrected chi connectivity index (χ1v) is 8.29. The second-order valence-corrected chi connectivity index (χ2v) is 6.45. The van der Waals surface area contributed by atoms with E-state index in [0.717, 1.165) is 35.0 Å². The molecule has 1 heterocycles. The van der Waals surface area contributed by atoms with E-state index in [1.165, 1.54) is 0 Å². The molecule has 1 unspecified atom stereocenters. The largest absolute Gasteiger partial charge is 0.493 e. The van der Waals surface area contributed by atoms with Gasteiger partial charge in [0.1, 0.15) is 5.75 Å². The van der Waals surface area contributed by atoms with Gasteiger partial charge < -0.3 is 15.8 Å². The van der Waals surface area contributed by atoms with Gasteiger partial charge in [-0.25, -0.2) is 0 Å². The number of ether oxygens (including phenoxy) is 1. The van der Waals surface area contributed by atoms with Crippen LogP contribution in [0.25, 0.3) is 0 Å². The van der Waals surface area contributed by atoms with Crippen LogP contribution in [0, 0.1) is 5.41 Å². The fourth-order valence-electron chi connectivity index (χ4n) is 2.78. The van der Waals surface area contributed by atoms with Crippen LogP contribution < -0.4 is 15.8 Å². The third-order valence-electron chi connectivity index (χ3n) is 4.54. The molecular formula is C16H23BrN2O2. The summed E-state index contributed by atoms with van der Waals surface area (Å²) in [6.45, 7) is 5.03. The summed E-state index contributed by atoms with van der Waals surface area (Å²) in [6.07, 6.45) is 2.28. The maximum absolute atomic E-state index is 12.7. The average molecular weight is 355 g/mol. The Labute approximate surface area is 134 Å². The minimum atomic E-state index is -0.468. The van der Waals surface area contributed by atoms with Crippen LogP contribution >= 0.6 is 15.9 Å². The molecule has 0 bridgehead atoms. The molecule has 0 spiro atoms. The number of amides is 1. The lowest BCUT2D eigenvalue weighted by Gasteiger charge is -2.33. The number of hydrogen-bond acceptors (Lipinski definition) is 3. The minimum Gasteiger partial charge on any atom is -0.493 e. The first-order chi connectivity index (χ1) is 10.1. The Bertz CT molecular complexity index is 507. The number of nitrogens with two attached hydrogens (primary N) is 1. The standard InChI is InChI=1S/C16H23BrN2O2/c1-3-16(4-2,10-18)15(20)19-13-7-8-21-14-6-5-11(17)9-12(13)14/h5-6,9,13H,3-4,7-8,10,18H2,1-2H3,(H,19,20). The Morgan fingerprint density at radius 1 is 1.48 bits per heavy atom. The molecule has 1 atom stereocenters. The van der Waals surface area contributed by atoms with Crippen molar-refractivity contribution >= 4 is 21.8 Å². The van der Waals surface area contributed by atoms with Gasteiger partial charge in [-0.15, -0.1) is 0 Å². The van der Waals surface area contributed by atoms with E-state index in [1.54, 1.807) is 0 Å². The number of carbonyl (C=O) groups excluding carboxylic acids is 1. The summed E-state index contributed by atoms with van der Waals surface area (Å²) >= 11 is 3.48. The highest BCUT2D eigenvalue weighted by molar-refractivity contribution is 9.10. The van der Waals surface area contributed by atoms with E-state index in [1.807, 2.05) is 32.0 Å². The topological polar surface area (TPSA) is 64.4 Å². The molecular weight excluding hydrogens is 332 g/mol. The van der Waals surface area contributed by atoms with Crippen LogP contribution in [0.1, 0.15) is 44.7 Å². The summed E-state index contributed by atoms with van der Waals surface area (Å²) in [6, 6.07) is 5.89. The quantitative estimate of drug-likeness (QED) is 0.853. The Hall–Kier alpha value is -1.07. The van der Waals surface area contributed by atoms with Gasteiger partial charge >= 0.3 is 0 Å². The predicted octanol–water partition coefficient (Wildman–Crippen LogP) is 3.15. The number of benzene rings is 1. The molecule has 1 aliphatic heterocycles. The molecule has 0 saturated carbocycles. The molecule has 1 amide bonds. The molecule has 1 aromatic carbocycles. The first kappa shape index (κ1) is 16.3. The van der Waals surface area contributed by atoms with Crippen molar-refractivity contribution in [1.82, 2.24) is 5.32 Å². The van der Waals surface area contributed by atoms with Gasteiger partial charge in [-0.05, 0) is 31.0 Å². The molecule has 0 aliphatic carbocycles. The number of nitrogens with one attached hydrogen (secondary N) is 1. The van der Waals surface area contributed by atoms with Crippen LogP contribution in [0.5, 0.6) is 5.75 Å². The molecule has 1 aromatic rings. The summed E-state index contributed by atoms with van der Waals surface area (Å²) in [5.74, 6) is 0.897. The third-order valence-corrected chi connectivity index (χ3v) is 5.04. The Morgan fingerprint density at radius 3 is 2.81 bits per heavy atom. The van der Waals surface area contributed by atoms with Gasteiger partial charge in [-0.2, -0.15) is 0 Å². The second kappa shape index (κ2) is 6.79. The smallest absolute Gasteiger partial charge is 0.227 e. The fraction of sp³-hybridized carbons (Fsp3) is 0.562. The van der Waals surface area contributed by atoms with E-state index >= 15 is 0 Å². The molecule has 2 rings (SSSR count). The zero-order chi connectivity index (χ0) is 15.5. The zero-order valence-electron chi connectivity index (χ0n) is 12.6. The molecule has 116 valence electrons. The zero-order valence-corrected chi connectivity index (χ0v) is 14.2. The monoisotopic (exact) mass is 354 g/mol. The van der Waals surface area contributed by atoms with Crippen molar-refractivity contribution in [3.05, 3.63) is 28.2 Å². The highest BCUT2D eigenvalue weighted by Gasteiger charge is 2.35. The van der Waals surface area contributed by atoms with Crippen LogP contribution in [0.4, 0.5) is 0 Å². The van der Waals surface area contributed by atoms with Crippen molar-refractivity contribution in [1.29, 1.82) is 0 Å². The number of halogens is 1. The van der Waals surface area contributed by atoms with Gasteiger partial charge in [0.25, 0.3) is 0 Å². The lowest BCUT2D eigenvalue weighted by molar-refractivity contribution is -0.132. The van der Waals surface area contributed by atoms with E-state index in [0.29, 0.717) is 13.2 Å². The van der Waals surface area contributed by atoms with E-state index in [2.05, 4.69) is 21.2 Å². The van der Waals surface area contributed by atoms with Gasteiger partial charge in [0.05, 0.1) is 18.1 Å². The van der Waals surface area contributed by atoms with Crippen LogP contribution in [0.15, 0.2) is 22.7 Å². The second-order valence-electron chi connectivity index (χ2n) is 5.54. The molecule has 0 saturated heterocycles. The fourth-order valence-corrected chi connectivity index (χ4v) is 3.16. The highest BCUT2D eigenvalue weighted by atomic mass is 79.9. The molecule has 0 radical (unpaired) electrons. The summed E-state index contributed by atoms with van der Waals surface area (Å²) in [5, 5.41) is 3.18. The average Bonchev–Trinajstić information content (AvgIpc) is 2.50. The number of fused-ring (bicyclic) bond motifs is 1. The molecule has 3 N–H and O–H groups in total. The first-order valence-electron chi connectivity index (χ1n) is 7.49. The summed E-state index contributed by atoms with van der Waals surface area (Å²) in [4.78, 5) is 12.7. The molecule has 4 nitrogen and oxygen atoms in total.